The van der Waals surface area contributed by atoms with Crippen LogP contribution < -0.4 is 5.32 Å². The highest BCUT2D eigenvalue weighted by Gasteiger charge is 2.12. The van der Waals surface area contributed by atoms with Crippen LogP contribution in [0.25, 0.3) is 10.8 Å². The molecule has 0 aromatic heterocycles. The lowest BCUT2D eigenvalue weighted by Gasteiger charge is -2.12. The molecule has 4 heteroatoms. The fourth-order valence-electron chi connectivity index (χ4n) is 2.14. The van der Waals surface area contributed by atoms with Gasteiger partial charge in [-0.1, -0.05) is 31.2 Å². The predicted molar refractivity (Wildman–Crippen MR) is 77.1 cm³/mol. The maximum absolute atomic E-state index is 13.7. The number of aliphatic hydroxyl groups excluding tert-OH is 1. The molecule has 0 radical (unpaired) electrons. The average Bonchev–Trinajstić information content (AvgIpc) is 2.46. The van der Waals surface area contributed by atoms with Crippen molar-refractivity contribution in [1.29, 1.82) is 0 Å². The summed E-state index contributed by atoms with van der Waals surface area (Å²) in [6.45, 7) is 2.56. The lowest BCUT2D eigenvalue weighted by Crippen LogP contribution is -2.28. The van der Waals surface area contributed by atoms with Gasteiger partial charge in [0.05, 0.1) is 0 Å². The third-order valence-corrected chi connectivity index (χ3v) is 3.35. The van der Waals surface area contributed by atoms with Crippen LogP contribution in [0.1, 0.15) is 23.7 Å². The van der Waals surface area contributed by atoms with Crippen LogP contribution >= 0.6 is 0 Å². The van der Waals surface area contributed by atoms with E-state index in [1.807, 2.05) is 6.92 Å². The zero-order chi connectivity index (χ0) is 14.5. The van der Waals surface area contributed by atoms with Gasteiger partial charge in [-0.05, 0) is 29.9 Å². The van der Waals surface area contributed by atoms with Crippen molar-refractivity contribution in [3.8, 4) is 0 Å². The lowest BCUT2D eigenvalue weighted by molar-refractivity contribution is 0.0947. The first-order valence-electron chi connectivity index (χ1n) is 6.69. The summed E-state index contributed by atoms with van der Waals surface area (Å²) >= 11 is 0. The van der Waals surface area contributed by atoms with Crippen molar-refractivity contribution in [2.75, 3.05) is 13.2 Å². The van der Waals surface area contributed by atoms with Gasteiger partial charge in [0.15, 0.2) is 0 Å². The molecular weight excluding hydrogens is 257 g/mol. The van der Waals surface area contributed by atoms with Crippen LogP contribution in [0.5, 0.6) is 0 Å². The number of amides is 1. The van der Waals surface area contributed by atoms with E-state index in [0.717, 1.165) is 0 Å². The number of halogens is 1. The molecule has 0 aliphatic heterocycles. The Balaban J connectivity index is 2.20. The van der Waals surface area contributed by atoms with Crippen LogP contribution in [0.4, 0.5) is 4.39 Å². The maximum Gasteiger partial charge on any atom is 0.251 e. The summed E-state index contributed by atoms with van der Waals surface area (Å²) in [7, 11) is 0. The van der Waals surface area contributed by atoms with Crippen LogP contribution in [-0.2, 0) is 0 Å². The van der Waals surface area contributed by atoms with Crippen molar-refractivity contribution < 1.29 is 14.3 Å². The van der Waals surface area contributed by atoms with E-state index in [9.17, 15) is 9.18 Å². The van der Waals surface area contributed by atoms with Gasteiger partial charge in [-0.25, -0.2) is 4.39 Å². The monoisotopic (exact) mass is 275 g/mol. The van der Waals surface area contributed by atoms with Gasteiger partial charge in [0.1, 0.15) is 5.82 Å². The van der Waals surface area contributed by atoms with Crippen LogP contribution in [0, 0.1) is 11.7 Å². The number of hydrogen-bond acceptors (Lipinski definition) is 2. The molecule has 1 atom stereocenters. The molecule has 0 heterocycles. The van der Waals surface area contributed by atoms with Crippen molar-refractivity contribution in [3.63, 3.8) is 0 Å². The average molecular weight is 275 g/mol. The van der Waals surface area contributed by atoms with Crippen molar-refractivity contribution in [2.45, 2.75) is 13.3 Å². The Hall–Kier alpha value is -1.94. The molecule has 0 bridgehead atoms. The zero-order valence-corrected chi connectivity index (χ0v) is 11.4. The molecule has 106 valence electrons. The second kappa shape index (κ2) is 6.48. The minimum absolute atomic E-state index is 0.108. The molecular formula is C16H18FNO2. The van der Waals surface area contributed by atoms with Crippen LogP contribution in [0.3, 0.4) is 0 Å². The molecule has 20 heavy (non-hydrogen) atoms. The number of hydrogen-bond donors (Lipinski definition) is 2. The highest BCUT2D eigenvalue weighted by Crippen LogP contribution is 2.21. The maximum atomic E-state index is 13.7. The molecule has 0 aliphatic rings. The van der Waals surface area contributed by atoms with Gasteiger partial charge < -0.3 is 10.4 Å². The first-order chi connectivity index (χ1) is 9.63. The number of fused-ring (bicyclic) bond motifs is 1. The normalized spacial score (nSPS) is 12.3. The summed E-state index contributed by atoms with van der Waals surface area (Å²) in [4.78, 5) is 12.2. The van der Waals surface area contributed by atoms with E-state index in [0.29, 0.717) is 29.3 Å². The Morgan fingerprint density at radius 1 is 1.25 bits per heavy atom. The van der Waals surface area contributed by atoms with Gasteiger partial charge >= 0.3 is 0 Å². The minimum atomic E-state index is -0.328. The highest BCUT2D eigenvalue weighted by atomic mass is 19.1. The van der Waals surface area contributed by atoms with Crippen molar-refractivity contribution in [2.24, 2.45) is 5.92 Å². The molecule has 2 aromatic carbocycles. The largest absolute Gasteiger partial charge is 0.396 e. The molecule has 2 N–H and O–H groups in total. The Labute approximate surface area is 117 Å². The molecule has 2 aromatic rings. The molecule has 0 fully saturated rings. The number of nitrogens with one attached hydrogen (secondary N) is 1. The Morgan fingerprint density at radius 3 is 2.65 bits per heavy atom. The SMILES string of the molecule is CC(CCO)CNC(=O)c1ccc(F)c2ccccc12. The van der Waals surface area contributed by atoms with Gasteiger partial charge in [-0.3, -0.25) is 4.79 Å². The topological polar surface area (TPSA) is 49.3 Å². The Kier molecular flexibility index (Phi) is 4.69. The number of carbonyl (C=O) groups excluding carboxylic acids is 1. The first kappa shape index (κ1) is 14.5. The minimum Gasteiger partial charge on any atom is -0.396 e. The molecule has 1 unspecified atom stereocenters. The van der Waals surface area contributed by atoms with Gasteiger partial charge in [-0.15, -0.1) is 0 Å². The van der Waals surface area contributed by atoms with E-state index in [1.54, 1.807) is 24.3 Å². The predicted octanol–water partition coefficient (Wildman–Crippen LogP) is 2.73. The quantitative estimate of drug-likeness (QED) is 0.881. The summed E-state index contributed by atoms with van der Waals surface area (Å²) < 4.78 is 13.7. The molecule has 3 nitrogen and oxygen atoms in total. The molecule has 2 rings (SSSR count). The van der Waals surface area contributed by atoms with Crippen LogP contribution in [0.2, 0.25) is 0 Å². The summed E-state index contributed by atoms with van der Waals surface area (Å²) in [5.74, 6) is -0.340. The molecule has 0 saturated carbocycles. The summed E-state index contributed by atoms with van der Waals surface area (Å²) in [6, 6.07) is 9.75. The van der Waals surface area contributed by atoms with Gasteiger partial charge in [0.25, 0.3) is 5.91 Å². The van der Waals surface area contributed by atoms with Crippen molar-refractivity contribution >= 4 is 16.7 Å². The Morgan fingerprint density at radius 2 is 1.95 bits per heavy atom. The zero-order valence-electron chi connectivity index (χ0n) is 11.4. The van der Waals surface area contributed by atoms with Crippen LogP contribution in [-0.4, -0.2) is 24.2 Å². The van der Waals surface area contributed by atoms with Crippen molar-refractivity contribution in [3.05, 3.63) is 47.8 Å². The number of carbonyl (C=O) groups is 1. The van der Waals surface area contributed by atoms with E-state index in [4.69, 9.17) is 5.11 Å². The van der Waals surface area contributed by atoms with E-state index >= 15 is 0 Å². The molecule has 0 aliphatic carbocycles. The standard InChI is InChI=1S/C16H18FNO2/c1-11(8-9-19)10-18-16(20)14-6-7-15(17)13-5-3-2-4-12(13)14/h2-7,11,19H,8-10H2,1H3,(H,18,20). The molecule has 0 spiro atoms. The van der Waals surface area contributed by atoms with E-state index in [1.165, 1.54) is 12.1 Å². The van der Waals surface area contributed by atoms with E-state index in [-0.39, 0.29) is 24.2 Å². The van der Waals surface area contributed by atoms with Gasteiger partial charge in [0, 0.05) is 24.1 Å². The first-order valence-corrected chi connectivity index (χ1v) is 6.69. The van der Waals surface area contributed by atoms with E-state index < -0.39 is 0 Å². The summed E-state index contributed by atoms with van der Waals surface area (Å²) in [6.07, 6.45) is 0.643. The van der Waals surface area contributed by atoms with Gasteiger partial charge in [0.2, 0.25) is 0 Å². The van der Waals surface area contributed by atoms with Crippen molar-refractivity contribution in [1.82, 2.24) is 5.32 Å². The lowest BCUT2D eigenvalue weighted by atomic mass is 10.0. The smallest absolute Gasteiger partial charge is 0.251 e. The summed E-state index contributed by atoms with van der Waals surface area (Å²) in [5.41, 5.74) is 0.471. The summed E-state index contributed by atoms with van der Waals surface area (Å²) in [5, 5.41) is 12.7. The second-order valence-electron chi connectivity index (χ2n) is 4.97. The highest BCUT2D eigenvalue weighted by molar-refractivity contribution is 6.07. The van der Waals surface area contributed by atoms with Gasteiger partial charge in [-0.2, -0.15) is 0 Å². The Bertz CT molecular complexity index is 612. The number of rotatable bonds is 5. The van der Waals surface area contributed by atoms with E-state index in [2.05, 4.69) is 5.32 Å². The fraction of sp³-hybridized carbons (Fsp3) is 0.312. The van der Waals surface area contributed by atoms with Crippen LogP contribution in [0.15, 0.2) is 36.4 Å². The second-order valence-corrected chi connectivity index (χ2v) is 4.97. The third kappa shape index (κ3) is 3.14. The fourth-order valence-corrected chi connectivity index (χ4v) is 2.14. The number of benzene rings is 2. The third-order valence-electron chi connectivity index (χ3n) is 3.35. The number of aliphatic hydroxyl groups is 1. The molecule has 0 saturated heterocycles. The molecule has 1 amide bonds.